The van der Waals surface area contributed by atoms with Crippen LogP contribution in [0, 0.1) is 13.8 Å². The molecular weight excluding hydrogens is 386 g/mol. The molecule has 3 rings (SSSR count). The van der Waals surface area contributed by atoms with Gasteiger partial charge in [-0.15, -0.1) is 0 Å². The number of anilines is 1. The minimum atomic E-state index is -3.86. The number of piperazine rings is 1. The zero-order valence-electron chi connectivity index (χ0n) is 17.3. The molecule has 1 amide bonds. The van der Waals surface area contributed by atoms with Crippen LogP contribution in [0.25, 0.3) is 0 Å². The molecule has 7 heteroatoms. The highest BCUT2D eigenvalue weighted by Gasteiger charge is 2.30. The van der Waals surface area contributed by atoms with Gasteiger partial charge in [-0.2, -0.15) is 0 Å². The smallest absolute Gasteiger partial charge is 0.264 e. The highest BCUT2D eigenvalue weighted by molar-refractivity contribution is 7.92. The molecule has 0 bridgehead atoms. The van der Waals surface area contributed by atoms with Crippen LogP contribution < -0.4 is 4.31 Å². The van der Waals surface area contributed by atoms with Crippen molar-refractivity contribution in [1.82, 2.24) is 9.80 Å². The number of hydrogen-bond donors (Lipinski definition) is 0. The SMILES string of the molecule is CCN1CCN(C(=O)CN(c2cccc(C)c2)S(=O)(=O)c2ccc(C)cc2)CC1. The Morgan fingerprint density at radius 2 is 1.62 bits per heavy atom. The zero-order valence-corrected chi connectivity index (χ0v) is 18.2. The number of carbonyl (C=O) groups is 1. The number of nitrogens with zero attached hydrogens (tertiary/aromatic N) is 3. The normalized spacial score (nSPS) is 15.3. The summed E-state index contributed by atoms with van der Waals surface area (Å²) in [5.74, 6) is -0.169. The van der Waals surface area contributed by atoms with Crippen LogP contribution in [-0.4, -0.2) is 63.4 Å². The molecular formula is C22H29N3O3S. The summed E-state index contributed by atoms with van der Waals surface area (Å²) < 4.78 is 28.1. The van der Waals surface area contributed by atoms with Crippen molar-refractivity contribution in [2.75, 3.05) is 43.6 Å². The van der Waals surface area contributed by atoms with Crippen molar-refractivity contribution in [2.45, 2.75) is 25.7 Å². The molecule has 0 spiro atoms. The number of amides is 1. The van der Waals surface area contributed by atoms with Crippen molar-refractivity contribution in [3.05, 3.63) is 59.7 Å². The van der Waals surface area contributed by atoms with Crippen LogP contribution in [0.2, 0.25) is 0 Å². The Kier molecular flexibility index (Phi) is 6.59. The van der Waals surface area contributed by atoms with E-state index in [1.165, 1.54) is 4.31 Å². The molecule has 0 aromatic heterocycles. The van der Waals surface area contributed by atoms with Crippen LogP contribution in [-0.2, 0) is 14.8 Å². The lowest BCUT2D eigenvalue weighted by atomic mass is 10.2. The first kappa shape index (κ1) is 21.3. The predicted molar refractivity (Wildman–Crippen MR) is 116 cm³/mol. The van der Waals surface area contributed by atoms with Crippen LogP contribution in [0.5, 0.6) is 0 Å². The highest BCUT2D eigenvalue weighted by atomic mass is 32.2. The van der Waals surface area contributed by atoms with Gasteiger partial charge in [0.25, 0.3) is 10.0 Å². The molecule has 0 atom stereocenters. The molecule has 2 aromatic carbocycles. The lowest BCUT2D eigenvalue weighted by Crippen LogP contribution is -2.51. The minimum Gasteiger partial charge on any atom is -0.339 e. The summed E-state index contributed by atoms with van der Waals surface area (Å²) in [6.45, 7) is 9.56. The molecule has 0 aliphatic carbocycles. The summed E-state index contributed by atoms with van der Waals surface area (Å²) in [7, 11) is -3.86. The summed E-state index contributed by atoms with van der Waals surface area (Å²) in [6, 6.07) is 14.0. The number of sulfonamides is 1. The largest absolute Gasteiger partial charge is 0.339 e. The van der Waals surface area contributed by atoms with E-state index >= 15 is 0 Å². The maximum absolute atomic E-state index is 13.4. The van der Waals surface area contributed by atoms with E-state index < -0.39 is 10.0 Å². The van der Waals surface area contributed by atoms with Gasteiger partial charge in [-0.05, 0) is 50.2 Å². The Hall–Kier alpha value is -2.38. The summed E-state index contributed by atoms with van der Waals surface area (Å²) in [5, 5.41) is 0. The lowest BCUT2D eigenvalue weighted by molar-refractivity contribution is -0.131. The second-order valence-electron chi connectivity index (χ2n) is 7.48. The molecule has 29 heavy (non-hydrogen) atoms. The predicted octanol–water partition coefficient (Wildman–Crippen LogP) is 2.66. The van der Waals surface area contributed by atoms with Gasteiger partial charge in [0.05, 0.1) is 10.6 Å². The number of carbonyl (C=O) groups excluding carboxylic acids is 1. The first-order valence-electron chi connectivity index (χ1n) is 9.97. The van der Waals surface area contributed by atoms with E-state index in [2.05, 4.69) is 11.8 Å². The zero-order chi connectivity index (χ0) is 21.0. The molecule has 1 saturated heterocycles. The number of rotatable bonds is 6. The first-order valence-corrected chi connectivity index (χ1v) is 11.4. The van der Waals surface area contributed by atoms with Gasteiger partial charge < -0.3 is 9.80 Å². The monoisotopic (exact) mass is 415 g/mol. The number of aryl methyl sites for hydroxylation is 2. The Balaban J connectivity index is 1.90. The van der Waals surface area contributed by atoms with Crippen molar-refractivity contribution >= 4 is 21.6 Å². The maximum atomic E-state index is 13.4. The van der Waals surface area contributed by atoms with Gasteiger partial charge in [-0.3, -0.25) is 9.10 Å². The summed E-state index contributed by atoms with van der Waals surface area (Å²) >= 11 is 0. The van der Waals surface area contributed by atoms with Crippen LogP contribution in [0.1, 0.15) is 18.1 Å². The molecule has 1 fully saturated rings. The molecule has 0 unspecified atom stereocenters. The third-order valence-corrected chi connectivity index (χ3v) is 7.14. The van der Waals surface area contributed by atoms with Crippen LogP contribution in [0.3, 0.4) is 0 Å². The average Bonchev–Trinajstić information content (AvgIpc) is 2.72. The van der Waals surface area contributed by atoms with E-state index in [0.29, 0.717) is 18.8 Å². The van der Waals surface area contributed by atoms with E-state index in [9.17, 15) is 13.2 Å². The minimum absolute atomic E-state index is 0.169. The maximum Gasteiger partial charge on any atom is 0.264 e. The summed E-state index contributed by atoms with van der Waals surface area (Å²) in [6.07, 6.45) is 0. The van der Waals surface area contributed by atoms with Gasteiger partial charge in [-0.25, -0.2) is 8.42 Å². The lowest BCUT2D eigenvalue weighted by Gasteiger charge is -2.35. The van der Waals surface area contributed by atoms with Crippen molar-refractivity contribution < 1.29 is 13.2 Å². The Labute approximate surface area is 173 Å². The van der Waals surface area contributed by atoms with Crippen LogP contribution in [0.15, 0.2) is 53.4 Å². The van der Waals surface area contributed by atoms with Gasteiger partial charge in [-0.1, -0.05) is 36.8 Å². The van der Waals surface area contributed by atoms with E-state index in [1.807, 2.05) is 26.0 Å². The fraction of sp³-hybridized carbons (Fsp3) is 0.409. The molecule has 1 heterocycles. The Morgan fingerprint density at radius 3 is 2.21 bits per heavy atom. The average molecular weight is 416 g/mol. The van der Waals surface area contributed by atoms with Gasteiger partial charge in [0, 0.05) is 26.2 Å². The quantitative estimate of drug-likeness (QED) is 0.728. The van der Waals surface area contributed by atoms with Crippen LogP contribution >= 0.6 is 0 Å². The van der Waals surface area contributed by atoms with Gasteiger partial charge in [0.1, 0.15) is 6.54 Å². The summed E-state index contributed by atoms with van der Waals surface area (Å²) in [5.41, 5.74) is 2.43. The van der Waals surface area contributed by atoms with E-state index in [4.69, 9.17) is 0 Å². The standard InChI is InChI=1S/C22H29N3O3S/c1-4-23-12-14-24(15-13-23)22(26)17-25(20-7-5-6-19(3)16-20)29(27,28)21-10-8-18(2)9-11-21/h5-11,16H,4,12-15,17H2,1-3H3. The van der Waals surface area contributed by atoms with Crippen molar-refractivity contribution in [3.63, 3.8) is 0 Å². The third kappa shape index (κ3) is 4.97. The topological polar surface area (TPSA) is 60.9 Å². The van der Waals surface area contributed by atoms with Crippen molar-refractivity contribution in [2.24, 2.45) is 0 Å². The Bertz CT molecular complexity index is 950. The number of benzene rings is 2. The van der Waals surface area contributed by atoms with Crippen LogP contribution in [0.4, 0.5) is 5.69 Å². The molecule has 2 aromatic rings. The van der Waals surface area contributed by atoms with Gasteiger partial charge in [0.2, 0.25) is 5.91 Å². The van der Waals surface area contributed by atoms with Crippen molar-refractivity contribution in [3.8, 4) is 0 Å². The van der Waals surface area contributed by atoms with E-state index in [1.54, 1.807) is 41.3 Å². The molecule has 1 aliphatic heterocycles. The Morgan fingerprint density at radius 1 is 0.966 bits per heavy atom. The van der Waals surface area contributed by atoms with Gasteiger partial charge in [0.15, 0.2) is 0 Å². The van der Waals surface area contributed by atoms with E-state index in [-0.39, 0.29) is 17.3 Å². The molecule has 0 radical (unpaired) electrons. The third-order valence-electron chi connectivity index (χ3n) is 5.35. The molecule has 0 N–H and O–H groups in total. The fourth-order valence-electron chi connectivity index (χ4n) is 3.47. The van der Waals surface area contributed by atoms with Crippen molar-refractivity contribution in [1.29, 1.82) is 0 Å². The molecule has 0 saturated carbocycles. The first-order chi connectivity index (χ1) is 13.8. The molecule has 156 valence electrons. The molecule has 1 aliphatic rings. The van der Waals surface area contributed by atoms with E-state index in [0.717, 1.165) is 30.8 Å². The fourth-order valence-corrected chi connectivity index (χ4v) is 4.88. The number of likely N-dealkylation sites (N-methyl/N-ethyl adjacent to an activating group) is 1. The second kappa shape index (κ2) is 8.97. The second-order valence-corrected chi connectivity index (χ2v) is 9.34. The molecule has 6 nitrogen and oxygen atoms in total. The van der Waals surface area contributed by atoms with Gasteiger partial charge >= 0.3 is 0 Å². The highest BCUT2D eigenvalue weighted by Crippen LogP contribution is 2.25. The number of hydrogen-bond acceptors (Lipinski definition) is 4. The summed E-state index contributed by atoms with van der Waals surface area (Å²) in [4.78, 5) is 17.2.